The van der Waals surface area contributed by atoms with Crippen molar-refractivity contribution in [2.24, 2.45) is 0 Å². The lowest BCUT2D eigenvalue weighted by Crippen LogP contribution is -1.80. The van der Waals surface area contributed by atoms with E-state index >= 15 is 0 Å². The van der Waals surface area contributed by atoms with Crippen LogP contribution in [-0.2, 0) is 0 Å². The second kappa shape index (κ2) is 3.99. The maximum Gasteiger partial charge on any atom is 0.132 e. The van der Waals surface area contributed by atoms with Gasteiger partial charge in [0.25, 0.3) is 0 Å². The molecule has 0 atom stereocenters. The van der Waals surface area contributed by atoms with Crippen molar-refractivity contribution >= 4 is 50.7 Å². The highest BCUT2D eigenvalue weighted by atomic mass is 79.9. The van der Waals surface area contributed by atoms with Crippen molar-refractivity contribution in [1.82, 2.24) is 0 Å². The highest BCUT2D eigenvalue weighted by molar-refractivity contribution is 9.10. The minimum absolute atomic E-state index is 0.523. The van der Waals surface area contributed by atoms with Crippen LogP contribution in [0.15, 0.2) is 22.7 Å². The van der Waals surface area contributed by atoms with E-state index in [2.05, 4.69) is 15.9 Å². The van der Waals surface area contributed by atoms with Gasteiger partial charge in [0.05, 0.1) is 0 Å². The molecule has 0 fully saturated rings. The molecule has 4 heteroatoms. The van der Waals surface area contributed by atoms with E-state index in [9.17, 15) is 0 Å². The van der Waals surface area contributed by atoms with Crippen LogP contribution >= 0.6 is 50.7 Å². The van der Waals surface area contributed by atoms with Crippen molar-refractivity contribution in [2.45, 2.75) is 4.84 Å². The summed E-state index contributed by atoms with van der Waals surface area (Å²) in [5.74, 6) is 0. The van der Waals surface area contributed by atoms with E-state index in [1.54, 1.807) is 12.1 Å². The zero-order valence-corrected chi connectivity index (χ0v) is 9.18. The topological polar surface area (TPSA) is 0 Å². The predicted molar refractivity (Wildman–Crippen MR) is 53.6 cm³/mol. The maximum atomic E-state index is 5.75. The van der Waals surface area contributed by atoms with Gasteiger partial charge >= 0.3 is 0 Å². The number of benzene rings is 1. The van der Waals surface area contributed by atoms with E-state index in [0.717, 1.165) is 10.0 Å². The van der Waals surface area contributed by atoms with E-state index in [-0.39, 0.29) is 0 Å². The van der Waals surface area contributed by atoms with Gasteiger partial charge in [-0.25, -0.2) is 0 Å². The van der Waals surface area contributed by atoms with Crippen LogP contribution in [-0.4, -0.2) is 0 Å². The van der Waals surface area contributed by atoms with Gasteiger partial charge in [0.1, 0.15) is 4.84 Å². The van der Waals surface area contributed by atoms with Crippen molar-refractivity contribution in [1.29, 1.82) is 0 Å². The molecule has 0 amide bonds. The van der Waals surface area contributed by atoms with Gasteiger partial charge < -0.3 is 0 Å². The lowest BCUT2D eigenvalue weighted by molar-refractivity contribution is 1.34. The van der Waals surface area contributed by atoms with E-state index in [4.69, 9.17) is 34.8 Å². The molecule has 1 rings (SSSR count). The average molecular weight is 274 g/mol. The molecular weight excluding hydrogens is 270 g/mol. The quantitative estimate of drug-likeness (QED) is 0.658. The number of halogens is 4. The molecule has 1 aromatic rings. The number of alkyl halides is 2. The fraction of sp³-hybridized carbons (Fsp3) is 0.143. The largest absolute Gasteiger partial charge is 0.132 e. The van der Waals surface area contributed by atoms with Gasteiger partial charge in [-0.05, 0) is 23.8 Å². The van der Waals surface area contributed by atoms with Crippen molar-refractivity contribution in [3.63, 3.8) is 0 Å². The zero-order valence-electron chi connectivity index (χ0n) is 5.32. The Bertz CT molecular complexity index is 240. The summed E-state index contributed by atoms with van der Waals surface area (Å²) in [4.78, 5) is -0.523. The summed E-state index contributed by atoms with van der Waals surface area (Å²) in [6, 6.07) is 5.34. The molecule has 0 heterocycles. The number of hydrogen-bond donors (Lipinski definition) is 0. The molecular formula is C7H4BrCl3. The Hall–Kier alpha value is 0.570. The Kier molecular flexibility index (Phi) is 3.51. The summed E-state index contributed by atoms with van der Waals surface area (Å²) in [5.41, 5.74) is 0.799. The SMILES string of the molecule is Clc1cc(Br)cc(C(Cl)Cl)c1. The van der Waals surface area contributed by atoms with E-state index in [1.165, 1.54) is 0 Å². The Balaban J connectivity index is 3.08. The summed E-state index contributed by atoms with van der Waals surface area (Å²) >= 11 is 20.3. The van der Waals surface area contributed by atoms with Gasteiger partial charge in [0.15, 0.2) is 0 Å². The zero-order chi connectivity index (χ0) is 8.43. The molecule has 0 saturated heterocycles. The second-order valence-electron chi connectivity index (χ2n) is 2.00. The summed E-state index contributed by atoms with van der Waals surface area (Å²) in [6.45, 7) is 0. The number of hydrogen-bond acceptors (Lipinski definition) is 0. The highest BCUT2D eigenvalue weighted by Crippen LogP contribution is 2.29. The van der Waals surface area contributed by atoms with E-state index < -0.39 is 4.84 Å². The van der Waals surface area contributed by atoms with Gasteiger partial charge in [-0.1, -0.05) is 27.5 Å². The molecule has 0 saturated carbocycles. The molecule has 60 valence electrons. The molecule has 0 aromatic heterocycles. The summed E-state index contributed by atoms with van der Waals surface area (Å²) in [5, 5.41) is 0.626. The minimum atomic E-state index is -0.523. The van der Waals surface area contributed by atoms with Crippen LogP contribution < -0.4 is 0 Å². The van der Waals surface area contributed by atoms with Crippen molar-refractivity contribution in [2.75, 3.05) is 0 Å². The third-order valence-electron chi connectivity index (χ3n) is 1.14. The van der Waals surface area contributed by atoms with Crippen LogP contribution in [0.25, 0.3) is 0 Å². The highest BCUT2D eigenvalue weighted by Gasteiger charge is 2.04. The molecule has 11 heavy (non-hydrogen) atoms. The molecule has 0 aliphatic rings. The first-order valence-corrected chi connectivity index (χ1v) is 4.88. The molecule has 1 aromatic carbocycles. The lowest BCUT2D eigenvalue weighted by atomic mass is 10.2. The van der Waals surface area contributed by atoms with Gasteiger partial charge in [-0.15, -0.1) is 23.2 Å². The predicted octanol–water partition coefficient (Wildman–Crippen LogP) is 4.58. The van der Waals surface area contributed by atoms with Gasteiger partial charge in [0, 0.05) is 9.50 Å². The van der Waals surface area contributed by atoms with Crippen LogP contribution in [0.5, 0.6) is 0 Å². The summed E-state index contributed by atoms with van der Waals surface area (Å²) in [7, 11) is 0. The number of rotatable bonds is 1. The van der Waals surface area contributed by atoms with Crippen LogP contribution in [0.4, 0.5) is 0 Å². The van der Waals surface area contributed by atoms with E-state index in [1.807, 2.05) is 6.07 Å². The molecule has 0 bridgehead atoms. The molecule has 0 unspecified atom stereocenters. The Morgan fingerprint density at radius 1 is 1.18 bits per heavy atom. The molecule has 0 radical (unpaired) electrons. The fourth-order valence-corrected chi connectivity index (χ4v) is 1.84. The van der Waals surface area contributed by atoms with Crippen LogP contribution in [0.1, 0.15) is 10.4 Å². The first-order valence-electron chi connectivity index (χ1n) is 2.84. The lowest BCUT2D eigenvalue weighted by Gasteiger charge is -2.02. The van der Waals surface area contributed by atoms with Crippen molar-refractivity contribution in [3.8, 4) is 0 Å². The van der Waals surface area contributed by atoms with Crippen LogP contribution in [0, 0.1) is 0 Å². The molecule has 0 N–H and O–H groups in total. The Labute approximate surface area is 88.6 Å². The normalized spacial score (nSPS) is 10.6. The summed E-state index contributed by atoms with van der Waals surface area (Å²) in [6.07, 6.45) is 0. The monoisotopic (exact) mass is 272 g/mol. The van der Waals surface area contributed by atoms with Crippen LogP contribution in [0.3, 0.4) is 0 Å². The standard InChI is InChI=1S/C7H4BrCl3/c8-5-1-4(7(10)11)2-6(9)3-5/h1-3,7H. The van der Waals surface area contributed by atoms with Gasteiger partial charge in [-0.3, -0.25) is 0 Å². The van der Waals surface area contributed by atoms with E-state index in [0.29, 0.717) is 5.02 Å². The van der Waals surface area contributed by atoms with Gasteiger partial charge in [0.2, 0.25) is 0 Å². The molecule has 0 aliphatic carbocycles. The van der Waals surface area contributed by atoms with Crippen LogP contribution in [0.2, 0.25) is 5.02 Å². The summed E-state index contributed by atoms with van der Waals surface area (Å²) < 4.78 is 0.881. The fourth-order valence-electron chi connectivity index (χ4n) is 0.701. The molecule has 0 nitrogen and oxygen atoms in total. The Morgan fingerprint density at radius 3 is 2.27 bits per heavy atom. The van der Waals surface area contributed by atoms with Gasteiger partial charge in [-0.2, -0.15) is 0 Å². The third-order valence-corrected chi connectivity index (χ3v) is 2.32. The molecule has 0 spiro atoms. The van der Waals surface area contributed by atoms with Crippen molar-refractivity contribution < 1.29 is 0 Å². The second-order valence-corrected chi connectivity index (χ2v) is 4.45. The third kappa shape index (κ3) is 2.83. The molecule has 0 aliphatic heterocycles. The van der Waals surface area contributed by atoms with Crippen molar-refractivity contribution in [3.05, 3.63) is 33.3 Å². The first kappa shape index (κ1) is 9.66. The average Bonchev–Trinajstić information content (AvgIpc) is 1.85. The Morgan fingerprint density at radius 2 is 1.82 bits per heavy atom. The minimum Gasteiger partial charge on any atom is -0.100 e. The smallest absolute Gasteiger partial charge is 0.100 e. The first-order chi connectivity index (χ1) is 5.09. The maximum absolute atomic E-state index is 5.75.